The molecule has 0 spiro atoms. The van der Waals surface area contributed by atoms with E-state index in [1.165, 1.54) is 18.2 Å². The van der Waals surface area contributed by atoms with Crippen molar-refractivity contribution in [1.29, 1.82) is 0 Å². The first kappa shape index (κ1) is 17.1. The van der Waals surface area contributed by atoms with Crippen molar-refractivity contribution in [3.05, 3.63) is 35.7 Å². The fourth-order valence-electron chi connectivity index (χ4n) is 1.52. The van der Waals surface area contributed by atoms with Gasteiger partial charge in [0.05, 0.1) is 6.61 Å². The normalized spacial score (nSPS) is 11.0. The van der Waals surface area contributed by atoms with Crippen molar-refractivity contribution >= 4 is 12.0 Å². The van der Waals surface area contributed by atoms with Gasteiger partial charge in [-0.25, -0.2) is 9.18 Å². The summed E-state index contributed by atoms with van der Waals surface area (Å²) in [7, 11) is 1.63. The number of carbonyl (C=O) groups is 1. The molecule has 0 aliphatic carbocycles. The van der Waals surface area contributed by atoms with Crippen molar-refractivity contribution in [1.82, 2.24) is 0 Å². The number of aliphatic carboxylic acids is 1. The number of ether oxygens (including phenoxy) is 3. The fraction of sp³-hybridized carbons (Fsp3) is 0.400. The van der Waals surface area contributed by atoms with Crippen molar-refractivity contribution in [3.8, 4) is 5.75 Å². The summed E-state index contributed by atoms with van der Waals surface area (Å²) in [5.74, 6) is -1.51. The van der Waals surface area contributed by atoms with E-state index in [0.29, 0.717) is 25.4 Å². The van der Waals surface area contributed by atoms with Gasteiger partial charge in [0, 0.05) is 26.4 Å². The van der Waals surface area contributed by atoms with Crippen LogP contribution in [0.2, 0.25) is 0 Å². The summed E-state index contributed by atoms with van der Waals surface area (Å²) in [6.07, 6.45) is 3.06. The average Bonchev–Trinajstić information content (AvgIpc) is 2.46. The standard InChI is InChI=1S/C15H19FO5/c1-19-7-2-8-20-9-10-21-14-5-3-12(11-13(14)16)4-6-15(17)18/h3-6,11H,2,7-10H2,1H3,(H,17,18)/b6-4+. The molecule has 0 aliphatic rings. The monoisotopic (exact) mass is 298 g/mol. The van der Waals surface area contributed by atoms with Crippen LogP contribution in [0.5, 0.6) is 5.75 Å². The van der Waals surface area contributed by atoms with Crippen LogP contribution >= 0.6 is 0 Å². The second-order valence-corrected chi connectivity index (χ2v) is 4.17. The third kappa shape index (κ3) is 7.43. The van der Waals surface area contributed by atoms with Crippen LogP contribution in [0.3, 0.4) is 0 Å². The Hall–Kier alpha value is -1.92. The molecule has 0 unspecified atom stereocenters. The van der Waals surface area contributed by atoms with Gasteiger partial charge in [-0.05, 0) is 30.2 Å². The van der Waals surface area contributed by atoms with Crippen LogP contribution < -0.4 is 4.74 Å². The largest absolute Gasteiger partial charge is 0.488 e. The molecule has 1 N–H and O–H groups in total. The van der Waals surface area contributed by atoms with E-state index in [2.05, 4.69) is 0 Å². The quantitative estimate of drug-likeness (QED) is 0.530. The lowest BCUT2D eigenvalue weighted by atomic mass is 10.2. The molecule has 116 valence electrons. The number of hydrogen-bond acceptors (Lipinski definition) is 4. The molecule has 0 bridgehead atoms. The summed E-state index contributed by atoms with van der Waals surface area (Å²) in [5.41, 5.74) is 0.457. The Kier molecular flexibility index (Phi) is 8.08. The molecule has 1 rings (SSSR count). The molecule has 1 aromatic carbocycles. The number of halogens is 1. The molecule has 0 fully saturated rings. The third-order valence-corrected chi connectivity index (χ3v) is 2.50. The van der Waals surface area contributed by atoms with Crippen LogP contribution in [0.4, 0.5) is 4.39 Å². The number of carboxylic acid groups (broad SMARTS) is 1. The van der Waals surface area contributed by atoms with Crippen LogP contribution in [0.25, 0.3) is 6.08 Å². The Morgan fingerprint density at radius 1 is 1.29 bits per heavy atom. The predicted molar refractivity (Wildman–Crippen MR) is 75.9 cm³/mol. The molecule has 5 nitrogen and oxygen atoms in total. The van der Waals surface area contributed by atoms with E-state index in [0.717, 1.165) is 12.5 Å². The zero-order valence-corrected chi connectivity index (χ0v) is 11.9. The zero-order valence-electron chi connectivity index (χ0n) is 11.9. The van der Waals surface area contributed by atoms with Crippen LogP contribution in [0.1, 0.15) is 12.0 Å². The smallest absolute Gasteiger partial charge is 0.328 e. The minimum absolute atomic E-state index is 0.114. The van der Waals surface area contributed by atoms with Crippen LogP contribution in [0.15, 0.2) is 24.3 Å². The number of hydrogen-bond donors (Lipinski definition) is 1. The van der Waals surface area contributed by atoms with E-state index >= 15 is 0 Å². The molecule has 0 aliphatic heterocycles. The molecule has 0 amide bonds. The fourth-order valence-corrected chi connectivity index (χ4v) is 1.52. The number of rotatable bonds is 10. The minimum Gasteiger partial charge on any atom is -0.488 e. The summed E-state index contributed by atoms with van der Waals surface area (Å²) in [6.45, 7) is 1.82. The Labute approximate surface area is 122 Å². The SMILES string of the molecule is COCCCOCCOc1ccc(/C=C/C(=O)O)cc1F. The molecule has 0 saturated heterocycles. The van der Waals surface area contributed by atoms with E-state index in [1.807, 2.05) is 0 Å². The van der Waals surface area contributed by atoms with Crippen molar-refractivity contribution in [2.24, 2.45) is 0 Å². The lowest BCUT2D eigenvalue weighted by Crippen LogP contribution is -2.09. The van der Waals surface area contributed by atoms with Gasteiger partial charge < -0.3 is 19.3 Å². The van der Waals surface area contributed by atoms with E-state index in [9.17, 15) is 9.18 Å². The lowest BCUT2D eigenvalue weighted by molar-refractivity contribution is -0.131. The van der Waals surface area contributed by atoms with Crippen LogP contribution in [-0.4, -0.2) is 44.6 Å². The topological polar surface area (TPSA) is 65.0 Å². The minimum atomic E-state index is -1.08. The molecule has 0 saturated carbocycles. The summed E-state index contributed by atoms with van der Waals surface area (Å²) in [4.78, 5) is 10.4. The van der Waals surface area contributed by atoms with Crippen molar-refractivity contribution in [3.63, 3.8) is 0 Å². The maximum absolute atomic E-state index is 13.7. The molecular weight excluding hydrogens is 279 g/mol. The van der Waals surface area contributed by atoms with Gasteiger partial charge in [-0.2, -0.15) is 0 Å². The van der Waals surface area contributed by atoms with E-state index < -0.39 is 11.8 Å². The highest BCUT2D eigenvalue weighted by atomic mass is 19.1. The van der Waals surface area contributed by atoms with Gasteiger partial charge in [0.2, 0.25) is 0 Å². The second-order valence-electron chi connectivity index (χ2n) is 4.17. The maximum Gasteiger partial charge on any atom is 0.328 e. The van der Waals surface area contributed by atoms with Crippen molar-refractivity contribution in [2.75, 3.05) is 33.5 Å². The van der Waals surface area contributed by atoms with E-state index in [-0.39, 0.29) is 12.4 Å². The highest BCUT2D eigenvalue weighted by Crippen LogP contribution is 2.19. The van der Waals surface area contributed by atoms with Gasteiger partial charge in [-0.3, -0.25) is 0 Å². The van der Waals surface area contributed by atoms with Crippen molar-refractivity contribution in [2.45, 2.75) is 6.42 Å². The van der Waals surface area contributed by atoms with Gasteiger partial charge >= 0.3 is 5.97 Å². The molecule has 0 aromatic heterocycles. The van der Waals surface area contributed by atoms with Crippen LogP contribution in [0, 0.1) is 5.82 Å². The van der Waals surface area contributed by atoms with E-state index in [1.54, 1.807) is 13.2 Å². The summed E-state index contributed by atoms with van der Waals surface area (Å²) in [6, 6.07) is 4.26. The molecular formula is C15H19FO5. The highest BCUT2D eigenvalue weighted by molar-refractivity contribution is 5.85. The number of carboxylic acids is 1. The Morgan fingerprint density at radius 2 is 2.10 bits per heavy atom. The first-order valence-corrected chi connectivity index (χ1v) is 6.53. The molecule has 1 aromatic rings. The van der Waals surface area contributed by atoms with Gasteiger partial charge in [-0.1, -0.05) is 6.07 Å². The Morgan fingerprint density at radius 3 is 2.76 bits per heavy atom. The first-order valence-electron chi connectivity index (χ1n) is 6.53. The maximum atomic E-state index is 13.7. The summed E-state index contributed by atoms with van der Waals surface area (Å²) < 4.78 is 29.1. The molecule has 21 heavy (non-hydrogen) atoms. The highest BCUT2D eigenvalue weighted by Gasteiger charge is 2.04. The molecule has 0 heterocycles. The predicted octanol–water partition coefficient (Wildman–Crippen LogP) is 2.36. The van der Waals surface area contributed by atoms with Crippen molar-refractivity contribution < 1.29 is 28.5 Å². The third-order valence-electron chi connectivity index (χ3n) is 2.50. The summed E-state index contributed by atoms with van der Waals surface area (Å²) >= 11 is 0. The van der Waals surface area contributed by atoms with Gasteiger partial charge in [-0.15, -0.1) is 0 Å². The van der Waals surface area contributed by atoms with Gasteiger partial charge in [0.25, 0.3) is 0 Å². The lowest BCUT2D eigenvalue weighted by Gasteiger charge is -2.08. The molecule has 0 radical (unpaired) electrons. The second kappa shape index (κ2) is 9.90. The molecule has 0 atom stereocenters. The van der Waals surface area contributed by atoms with Gasteiger partial charge in [0.1, 0.15) is 6.61 Å². The van der Waals surface area contributed by atoms with E-state index in [4.69, 9.17) is 19.3 Å². The van der Waals surface area contributed by atoms with Crippen LogP contribution in [-0.2, 0) is 14.3 Å². The number of benzene rings is 1. The zero-order chi connectivity index (χ0) is 15.5. The summed E-state index contributed by atoms with van der Waals surface area (Å²) in [5, 5.41) is 8.49. The van der Waals surface area contributed by atoms with Gasteiger partial charge in [0.15, 0.2) is 11.6 Å². The Balaban J connectivity index is 2.34. The Bertz CT molecular complexity index is 473. The first-order chi connectivity index (χ1) is 10.1. The molecule has 6 heteroatoms. The number of methoxy groups -OCH3 is 1. The average molecular weight is 298 g/mol.